The van der Waals surface area contributed by atoms with Crippen LogP contribution in [0.3, 0.4) is 0 Å². The molecular weight excluding hydrogens is 346 g/mol. The summed E-state index contributed by atoms with van der Waals surface area (Å²) in [7, 11) is -7.49. The van der Waals surface area contributed by atoms with Gasteiger partial charge in [-0.05, 0) is 38.0 Å². The summed E-state index contributed by atoms with van der Waals surface area (Å²) in [4.78, 5) is -0.300. The van der Waals surface area contributed by atoms with E-state index >= 15 is 0 Å². The molecule has 0 saturated carbocycles. The van der Waals surface area contributed by atoms with Crippen molar-refractivity contribution in [1.82, 2.24) is 5.06 Å². The standard InChI is InChI=1S/C13H20NO7S2/c1-13(2,3)14(15)8-11-6-5-10(9-22(16,17)18)7-12(11)23(19,20)21-4/h5-7H,8-9H2,1-4H3,(H,16,17,18)/q-1. The first-order valence-corrected chi connectivity index (χ1v) is 9.60. The summed E-state index contributed by atoms with van der Waals surface area (Å²) in [6, 6.07) is 3.76. The van der Waals surface area contributed by atoms with E-state index in [1.807, 2.05) is 0 Å². The maximum atomic E-state index is 12.1. The molecule has 0 aliphatic carbocycles. The zero-order chi connectivity index (χ0) is 18.1. The molecule has 0 amide bonds. The van der Waals surface area contributed by atoms with Crippen LogP contribution in [0.2, 0.25) is 0 Å². The summed E-state index contributed by atoms with van der Waals surface area (Å²) in [6.45, 7) is 4.82. The van der Waals surface area contributed by atoms with Gasteiger partial charge in [0.2, 0.25) is 0 Å². The average Bonchev–Trinajstić information content (AvgIpc) is 2.37. The summed E-state index contributed by atoms with van der Waals surface area (Å²) in [5, 5.41) is 12.8. The maximum Gasteiger partial charge on any atom is 0.297 e. The van der Waals surface area contributed by atoms with Crippen LogP contribution >= 0.6 is 0 Å². The van der Waals surface area contributed by atoms with Gasteiger partial charge in [-0.25, -0.2) is 0 Å². The molecule has 0 saturated heterocycles. The van der Waals surface area contributed by atoms with Crippen LogP contribution in [0.15, 0.2) is 23.1 Å². The highest BCUT2D eigenvalue weighted by Crippen LogP contribution is 2.24. The van der Waals surface area contributed by atoms with E-state index in [4.69, 9.17) is 4.55 Å². The molecule has 1 aromatic carbocycles. The largest absolute Gasteiger partial charge is 0.785 e. The molecular formula is C13H20NO7S2-. The molecule has 10 heteroatoms. The average molecular weight is 366 g/mol. The van der Waals surface area contributed by atoms with Gasteiger partial charge in [0, 0.05) is 12.1 Å². The third kappa shape index (κ3) is 5.83. The minimum Gasteiger partial charge on any atom is -0.785 e. The van der Waals surface area contributed by atoms with Crippen LogP contribution in [0.4, 0.5) is 0 Å². The number of hydroxylamine groups is 2. The molecule has 23 heavy (non-hydrogen) atoms. The van der Waals surface area contributed by atoms with E-state index in [2.05, 4.69) is 4.18 Å². The van der Waals surface area contributed by atoms with Gasteiger partial charge in [-0.2, -0.15) is 16.8 Å². The van der Waals surface area contributed by atoms with Crippen LogP contribution in [0.1, 0.15) is 31.9 Å². The normalized spacial score (nSPS) is 13.5. The van der Waals surface area contributed by atoms with Crippen molar-refractivity contribution in [1.29, 1.82) is 0 Å². The molecule has 1 aromatic rings. The molecule has 132 valence electrons. The molecule has 0 spiro atoms. The van der Waals surface area contributed by atoms with Gasteiger partial charge < -0.3 is 10.3 Å². The van der Waals surface area contributed by atoms with Gasteiger partial charge in [0.05, 0.1) is 12.0 Å². The lowest BCUT2D eigenvalue weighted by molar-refractivity contribution is 0.197. The number of hydrogen-bond donors (Lipinski definition) is 1. The molecule has 8 nitrogen and oxygen atoms in total. The van der Waals surface area contributed by atoms with Crippen LogP contribution in [-0.4, -0.2) is 39.1 Å². The van der Waals surface area contributed by atoms with E-state index in [1.54, 1.807) is 20.8 Å². The second-order valence-electron chi connectivity index (χ2n) is 6.00. The van der Waals surface area contributed by atoms with Crippen molar-refractivity contribution in [3.8, 4) is 0 Å². The molecule has 0 fully saturated rings. The molecule has 0 atom stereocenters. The van der Waals surface area contributed by atoms with Crippen molar-refractivity contribution < 1.29 is 25.6 Å². The highest BCUT2D eigenvalue weighted by Gasteiger charge is 2.22. The first kappa shape index (κ1) is 20.0. The fourth-order valence-electron chi connectivity index (χ4n) is 1.74. The lowest BCUT2D eigenvalue weighted by atomic mass is 10.1. The Kier molecular flexibility index (Phi) is 5.94. The molecule has 1 rings (SSSR count). The van der Waals surface area contributed by atoms with E-state index in [-0.39, 0.29) is 22.6 Å². The SMILES string of the molecule is COS(=O)(=O)c1cc(CS(=O)(=O)O)ccc1CN([O-])C(C)(C)C. The van der Waals surface area contributed by atoms with Crippen LogP contribution in [0.5, 0.6) is 0 Å². The predicted molar refractivity (Wildman–Crippen MR) is 84.6 cm³/mol. The highest BCUT2D eigenvalue weighted by atomic mass is 32.2. The van der Waals surface area contributed by atoms with Crippen molar-refractivity contribution in [2.75, 3.05) is 7.11 Å². The first-order chi connectivity index (χ1) is 10.3. The summed E-state index contributed by atoms with van der Waals surface area (Å²) in [6.07, 6.45) is 0. The number of benzene rings is 1. The predicted octanol–water partition coefficient (Wildman–Crippen LogP) is 1.51. The molecule has 0 aliphatic heterocycles. The second kappa shape index (κ2) is 6.83. The fourth-order valence-corrected chi connectivity index (χ4v) is 3.27. The van der Waals surface area contributed by atoms with Crippen molar-refractivity contribution in [2.24, 2.45) is 0 Å². The summed E-state index contributed by atoms with van der Waals surface area (Å²) < 4.78 is 59.2. The second-order valence-corrected chi connectivity index (χ2v) is 9.13. The third-order valence-electron chi connectivity index (χ3n) is 3.03. The molecule has 0 aliphatic rings. The Morgan fingerprint density at radius 2 is 1.78 bits per heavy atom. The number of hydrogen-bond acceptors (Lipinski definition) is 7. The lowest BCUT2D eigenvalue weighted by Gasteiger charge is -2.41. The van der Waals surface area contributed by atoms with Gasteiger partial charge >= 0.3 is 0 Å². The molecule has 0 radical (unpaired) electrons. The first-order valence-electron chi connectivity index (χ1n) is 6.58. The van der Waals surface area contributed by atoms with Gasteiger partial charge in [0.25, 0.3) is 20.2 Å². The molecule has 0 unspecified atom stereocenters. The smallest absolute Gasteiger partial charge is 0.297 e. The Balaban J connectivity index is 3.36. The lowest BCUT2D eigenvalue weighted by Crippen LogP contribution is -2.36. The van der Waals surface area contributed by atoms with E-state index in [1.165, 1.54) is 12.1 Å². The van der Waals surface area contributed by atoms with Crippen molar-refractivity contribution in [3.05, 3.63) is 34.5 Å². The van der Waals surface area contributed by atoms with Gasteiger partial charge in [-0.1, -0.05) is 12.1 Å². The monoisotopic (exact) mass is 366 g/mol. The molecule has 0 heterocycles. The van der Waals surface area contributed by atoms with E-state index in [0.29, 0.717) is 5.06 Å². The zero-order valence-electron chi connectivity index (χ0n) is 13.3. The van der Waals surface area contributed by atoms with Crippen LogP contribution in [0, 0.1) is 5.21 Å². The highest BCUT2D eigenvalue weighted by molar-refractivity contribution is 7.86. The molecule has 1 N–H and O–H groups in total. The van der Waals surface area contributed by atoms with Crippen molar-refractivity contribution >= 4 is 20.2 Å². The maximum absolute atomic E-state index is 12.1. The van der Waals surface area contributed by atoms with E-state index in [9.17, 15) is 22.0 Å². The topological polar surface area (TPSA) is 124 Å². The Hall–Kier alpha value is -1.04. The minimum absolute atomic E-state index is 0.0695. The zero-order valence-corrected chi connectivity index (χ0v) is 14.9. The Bertz CT molecular complexity index is 764. The Morgan fingerprint density at radius 1 is 1.22 bits per heavy atom. The minimum atomic E-state index is -4.31. The van der Waals surface area contributed by atoms with Crippen molar-refractivity contribution in [2.45, 2.75) is 43.5 Å². The number of nitrogens with zero attached hydrogens (tertiary/aromatic N) is 1. The van der Waals surface area contributed by atoms with Crippen molar-refractivity contribution in [3.63, 3.8) is 0 Å². The van der Waals surface area contributed by atoms with Crippen LogP contribution in [-0.2, 0) is 36.7 Å². The molecule has 0 aromatic heterocycles. The van der Waals surface area contributed by atoms with E-state index < -0.39 is 31.5 Å². The Labute approximate surface area is 136 Å². The Morgan fingerprint density at radius 3 is 2.22 bits per heavy atom. The van der Waals surface area contributed by atoms with Gasteiger partial charge in [0.1, 0.15) is 5.75 Å². The molecule has 0 bridgehead atoms. The summed E-state index contributed by atoms with van der Waals surface area (Å²) in [5.41, 5.74) is -0.489. The quantitative estimate of drug-likeness (QED) is 0.456. The third-order valence-corrected chi connectivity index (χ3v) is 5.09. The van der Waals surface area contributed by atoms with Crippen LogP contribution in [0.25, 0.3) is 0 Å². The van der Waals surface area contributed by atoms with Gasteiger partial charge in [0.15, 0.2) is 0 Å². The fraction of sp³-hybridized carbons (Fsp3) is 0.538. The van der Waals surface area contributed by atoms with E-state index in [0.717, 1.165) is 13.2 Å². The van der Waals surface area contributed by atoms with Gasteiger partial charge in [-0.3, -0.25) is 8.74 Å². The summed E-state index contributed by atoms with van der Waals surface area (Å²) >= 11 is 0. The van der Waals surface area contributed by atoms with Gasteiger partial charge in [-0.15, -0.1) is 0 Å². The number of rotatable bonds is 6. The van der Waals surface area contributed by atoms with Crippen LogP contribution < -0.4 is 0 Å². The summed E-state index contributed by atoms with van der Waals surface area (Å²) in [5.74, 6) is -0.736.